The molecule has 1 aliphatic heterocycles. The van der Waals surface area contributed by atoms with E-state index in [1.165, 1.54) is 0 Å². The van der Waals surface area contributed by atoms with Gasteiger partial charge in [-0.05, 0) is 23.9 Å². The van der Waals surface area contributed by atoms with Crippen LogP contribution in [-0.2, 0) is 9.59 Å². The van der Waals surface area contributed by atoms with Crippen LogP contribution in [0.4, 0.5) is 10.5 Å². The van der Waals surface area contributed by atoms with E-state index in [-0.39, 0.29) is 4.91 Å². The molecule has 0 unspecified atom stereocenters. The highest BCUT2D eigenvalue weighted by atomic mass is 32.2. The summed E-state index contributed by atoms with van der Waals surface area (Å²) in [4.78, 5) is 34.8. The molecule has 0 spiro atoms. The van der Waals surface area contributed by atoms with E-state index in [0.29, 0.717) is 17.4 Å². The van der Waals surface area contributed by atoms with Gasteiger partial charge in [-0.25, -0.2) is 9.69 Å². The number of rotatable bonds is 2. The van der Waals surface area contributed by atoms with Crippen molar-refractivity contribution in [3.8, 4) is 0 Å². The molecule has 0 radical (unpaired) electrons. The Bertz CT molecular complexity index is 524. The Kier molecular flexibility index (Phi) is 2.97. The van der Waals surface area contributed by atoms with E-state index in [1.807, 2.05) is 0 Å². The number of hydrogen-bond acceptors (Lipinski definition) is 4. The number of imide groups is 1. The van der Waals surface area contributed by atoms with Gasteiger partial charge in [0, 0.05) is 6.08 Å². The van der Waals surface area contributed by atoms with Crippen LogP contribution in [0, 0.1) is 0 Å². The molecule has 0 atom stereocenters. The average Bonchev–Trinajstić information content (AvgIpc) is 2.54. The first-order valence-corrected chi connectivity index (χ1v) is 5.47. The zero-order chi connectivity index (χ0) is 12.4. The molecule has 0 aromatic heterocycles. The molecule has 2 rings (SSSR count). The van der Waals surface area contributed by atoms with Crippen LogP contribution in [0.1, 0.15) is 0 Å². The minimum Gasteiger partial charge on any atom is -0.478 e. The summed E-state index contributed by atoms with van der Waals surface area (Å²) in [6.07, 6.45) is 0.744. The van der Waals surface area contributed by atoms with E-state index in [0.717, 1.165) is 11.0 Å². The summed E-state index contributed by atoms with van der Waals surface area (Å²) < 4.78 is 0. The normalized spacial score (nSPS) is 17.9. The molecule has 0 bridgehead atoms. The minimum atomic E-state index is -1.25. The van der Waals surface area contributed by atoms with Crippen molar-refractivity contribution in [3.05, 3.63) is 41.3 Å². The lowest BCUT2D eigenvalue weighted by molar-refractivity contribution is -0.131. The van der Waals surface area contributed by atoms with Crippen molar-refractivity contribution in [3.63, 3.8) is 0 Å². The van der Waals surface area contributed by atoms with Crippen LogP contribution in [0.3, 0.4) is 0 Å². The first kappa shape index (κ1) is 11.4. The number of hydrogen-bond donors (Lipinski definition) is 1. The summed E-state index contributed by atoms with van der Waals surface area (Å²) >= 11 is 0.623. The van der Waals surface area contributed by atoms with Gasteiger partial charge >= 0.3 is 5.97 Å². The third-order valence-corrected chi connectivity index (χ3v) is 2.93. The number of carboxylic acid groups (broad SMARTS) is 1. The molecule has 17 heavy (non-hydrogen) atoms. The Hall–Kier alpha value is -2.08. The van der Waals surface area contributed by atoms with Gasteiger partial charge in [0.15, 0.2) is 0 Å². The van der Waals surface area contributed by atoms with Crippen LogP contribution >= 0.6 is 11.8 Å². The summed E-state index contributed by atoms with van der Waals surface area (Å²) in [7, 11) is 0. The number of thioether (sulfide) groups is 1. The molecular weight excluding hydrogens is 242 g/mol. The standard InChI is InChI=1S/C11H7NO4S/c13-9(14)6-8-10(15)12(11(16)17-8)7-4-2-1-3-5-7/h1-6H,(H,13,14)/b8-6-. The Labute approximate surface area is 101 Å². The Morgan fingerprint density at radius 2 is 1.88 bits per heavy atom. The molecular formula is C11H7NO4S. The first-order valence-electron chi connectivity index (χ1n) is 4.65. The third-order valence-electron chi connectivity index (χ3n) is 2.06. The summed E-state index contributed by atoms with van der Waals surface area (Å²) in [5, 5.41) is 8.07. The van der Waals surface area contributed by atoms with E-state index in [9.17, 15) is 14.4 Å². The fraction of sp³-hybridized carbons (Fsp3) is 0. The maximum atomic E-state index is 11.8. The van der Waals surface area contributed by atoms with Gasteiger partial charge in [0.05, 0.1) is 10.6 Å². The lowest BCUT2D eigenvalue weighted by atomic mass is 10.3. The van der Waals surface area contributed by atoms with Crippen molar-refractivity contribution in [1.29, 1.82) is 0 Å². The second-order valence-electron chi connectivity index (χ2n) is 3.19. The highest BCUT2D eigenvalue weighted by molar-refractivity contribution is 8.18. The Balaban J connectivity index is 2.36. The number of para-hydroxylation sites is 1. The number of aliphatic carboxylic acids is 1. The monoisotopic (exact) mass is 249 g/mol. The summed E-state index contributed by atoms with van der Waals surface area (Å²) in [5.74, 6) is -1.85. The van der Waals surface area contributed by atoms with Crippen LogP contribution in [0.15, 0.2) is 41.3 Å². The molecule has 2 amide bonds. The number of carbonyl (C=O) groups excluding carboxylic acids is 2. The largest absolute Gasteiger partial charge is 0.478 e. The fourth-order valence-corrected chi connectivity index (χ4v) is 2.19. The summed E-state index contributed by atoms with van der Waals surface area (Å²) in [6, 6.07) is 8.37. The molecule has 86 valence electrons. The van der Waals surface area contributed by atoms with Crippen molar-refractivity contribution in [2.24, 2.45) is 0 Å². The second-order valence-corrected chi connectivity index (χ2v) is 4.18. The highest BCUT2D eigenvalue weighted by Gasteiger charge is 2.36. The molecule has 1 N–H and O–H groups in total. The number of carbonyl (C=O) groups is 3. The zero-order valence-electron chi connectivity index (χ0n) is 8.49. The van der Waals surface area contributed by atoms with Gasteiger partial charge in [-0.2, -0.15) is 0 Å². The molecule has 1 fully saturated rings. The van der Waals surface area contributed by atoms with Gasteiger partial charge in [-0.15, -0.1) is 0 Å². The van der Waals surface area contributed by atoms with Crippen LogP contribution in [-0.4, -0.2) is 22.2 Å². The van der Waals surface area contributed by atoms with Gasteiger partial charge in [-0.3, -0.25) is 9.59 Å². The Morgan fingerprint density at radius 1 is 1.24 bits per heavy atom. The molecule has 0 saturated carbocycles. The van der Waals surface area contributed by atoms with Crippen molar-refractivity contribution in [1.82, 2.24) is 0 Å². The Morgan fingerprint density at radius 3 is 2.47 bits per heavy atom. The SMILES string of the molecule is O=C(O)/C=C1\SC(=O)N(c2ccccc2)C1=O. The second kappa shape index (κ2) is 4.42. The third kappa shape index (κ3) is 2.21. The quantitative estimate of drug-likeness (QED) is 0.809. The fourth-order valence-electron chi connectivity index (χ4n) is 1.38. The van der Waals surface area contributed by atoms with Gasteiger partial charge in [0.2, 0.25) is 0 Å². The van der Waals surface area contributed by atoms with Crippen LogP contribution in [0.5, 0.6) is 0 Å². The van der Waals surface area contributed by atoms with Crippen LogP contribution in [0.2, 0.25) is 0 Å². The van der Waals surface area contributed by atoms with E-state index in [4.69, 9.17) is 5.11 Å². The van der Waals surface area contributed by atoms with E-state index < -0.39 is 17.1 Å². The number of anilines is 1. The van der Waals surface area contributed by atoms with Crippen LogP contribution < -0.4 is 4.90 Å². The first-order chi connectivity index (χ1) is 8.09. The number of nitrogens with zero attached hydrogens (tertiary/aromatic N) is 1. The molecule has 1 aliphatic rings. The van der Waals surface area contributed by atoms with Crippen LogP contribution in [0.25, 0.3) is 0 Å². The van der Waals surface area contributed by atoms with Crippen molar-refractivity contribution in [2.45, 2.75) is 0 Å². The smallest absolute Gasteiger partial charge is 0.329 e. The van der Waals surface area contributed by atoms with Gasteiger partial charge in [0.1, 0.15) is 0 Å². The lowest BCUT2D eigenvalue weighted by Crippen LogP contribution is -2.27. The number of amides is 2. The topological polar surface area (TPSA) is 74.7 Å². The van der Waals surface area contributed by atoms with Crippen molar-refractivity contribution < 1.29 is 19.5 Å². The summed E-state index contributed by atoms with van der Waals surface area (Å²) in [6.45, 7) is 0. The van der Waals surface area contributed by atoms with E-state index >= 15 is 0 Å². The molecule has 1 aromatic rings. The average molecular weight is 249 g/mol. The zero-order valence-corrected chi connectivity index (χ0v) is 9.31. The molecule has 1 aromatic carbocycles. The number of benzene rings is 1. The minimum absolute atomic E-state index is 0.0775. The highest BCUT2D eigenvalue weighted by Crippen LogP contribution is 2.34. The lowest BCUT2D eigenvalue weighted by Gasteiger charge is -2.11. The molecule has 6 heteroatoms. The predicted molar refractivity (Wildman–Crippen MR) is 62.6 cm³/mol. The molecule has 1 heterocycles. The van der Waals surface area contributed by atoms with Crippen molar-refractivity contribution >= 4 is 34.6 Å². The summed E-state index contributed by atoms with van der Waals surface area (Å²) in [5.41, 5.74) is 0.434. The van der Waals surface area contributed by atoms with E-state index in [2.05, 4.69) is 0 Å². The van der Waals surface area contributed by atoms with Crippen molar-refractivity contribution in [2.75, 3.05) is 4.90 Å². The maximum Gasteiger partial charge on any atom is 0.329 e. The number of carboxylic acids is 1. The predicted octanol–water partition coefficient (Wildman–Crippen LogP) is 1.85. The molecule has 5 nitrogen and oxygen atoms in total. The van der Waals surface area contributed by atoms with E-state index in [1.54, 1.807) is 30.3 Å². The molecule has 0 aliphatic carbocycles. The molecule has 1 saturated heterocycles. The van der Waals surface area contributed by atoms with Gasteiger partial charge in [0.25, 0.3) is 11.1 Å². The van der Waals surface area contributed by atoms with Gasteiger partial charge < -0.3 is 5.11 Å². The maximum absolute atomic E-state index is 11.8. The van der Waals surface area contributed by atoms with Gasteiger partial charge in [-0.1, -0.05) is 18.2 Å².